The largest absolute Gasteiger partial charge is 0.392 e. The Balaban J connectivity index is 2.28. The highest BCUT2D eigenvalue weighted by atomic mass is 127. The summed E-state index contributed by atoms with van der Waals surface area (Å²) >= 11 is 2.23. The number of aliphatic hydroxyl groups excluding tert-OH is 1. The predicted octanol–water partition coefficient (Wildman–Crippen LogP) is 4.12. The summed E-state index contributed by atoms with van der Waals surface area (Å²) in [6.45, 7) is 0.0821. The van der Waals surface area contributed by atoms with Gasteiger partial charge in [-0.15, -0.1) is 0 Å². The van der Waals surface area contributed by atoms with Crippen LogP contribution in [0.4, 0.5) is 0 Å². The lowest BCUT2D eigenvalue weighted by Gasteiger charge is -2.03. The van der Waals surface area contributed by atoms with Crippen molar-refractivity contribution in [3.63, 3.8) is 0 Å². The summed E-state index contributed by atoms with van der Waals surface area (Å²) in [6, 6.07) is 18.7. The van der Waals surface area contributed by atoms with Gasteiger partial charge in [0.15, 0.2) is 0 Å². The smallest absolute Gasteiger partial charge is 0.0625 e. The van der Waals surface area contributed by atoms with Crippen molar-refractivity contribution in [2.75, 3.05) is 6.61 Å². The fraction of sp³-hybridized carbons (Fsp3) is 0.0667. The monoisotopic (exact) mass is 336 g/mol. The van der Waals surface area contributed by atoms with Gasteiger partial charge in [0.25, 0.3) is 0 Å². The quantitative estimate of drug-likeness (QED) is 0.836. The summed E-state index contributed by atoms with van der Waals surface area (Å²) in [7, 11) is 0. The Hall–Kier alpha value is -1.13. The second-order valence-electron chi connectivity index (χ2n) is 3.68. The molecule has 0 aromatic heterocycles. The summed E-state index contributed by atoms with van der Waals surface area (Å²) in [5, 5.41) is 8.85. The number of halogens is 1. The van der Waals surface area contributed by atoms with Crippen LogP contribution in [0, 0.1) is 0 Å². The van der Waals surface area contributed by atoms with Gasteiger partial charge in [0.2, 0.25) is 0 Å². The third-order valence-corrected chi connectivity index (χ3v) is 3.60. The minimum atomic E-state index is 0.0821. The third kappa shape index (κ3) is 3.17. The molecule has 0 aliphatic carbocycles. The second kappa shape index (κ2) is 5.98. The van der Waals surface area contributed by atoms with Crippen LogP contribution in [-0.2, 0) is 0 Å². The van der Waals surface area contributed by atoms with E-state index >= 15 is 0 Å². The van der Waals surface area contributed by atoms with Gasteiger partial charge in [-0.2, -0.15) is 0 Å². The van der Waals surface area contributed by atoms with Crippen LogP contribution in [0.5, 0.6) is 0 Å². The molecule has 1 N–H and O–H groups in total. The number of hydrogen-bond acceptors (Lipinski definition) is 1. The van der Waals surface area contributed by atoms with Crippen LogP contribution in [0.1, 0.15) is 5.56 Å². The molecule has 1 nitrogen and oxygen atoms in total. The molecule has 2 heteroatoms. The lowest BCUT2D eigenvalue weighted by Crippen LogP contribution is -1.81. The van der Waals surface area contributed by atoms with Gasteiger partial charge >= 0.3 is 0 Å². The molecule has 0 fully saturated rings. The second-order valence-corrected chi connectivity index (χ2v) is 4.84. The Morgan fingerprint density at radius 2 is 1.53 bits per heavy atom. The topological polar surface area (TPSA) is 20.2 Å². The summed E-state index contributed by atoms with van der Waals surface area (Å²) in [4.78, 5) is 0. The van der Waals surface area contributed by atoms with E-state index in [4.69, 9.17) is 5.11 Å². The molecular weight excluding hydrogens is 323 g/mol. The molecule has 0 radical (unpaired) electrons. The molecule has 0 spiro atoms. The van der Waals surface area contributed by atoms with E-state index in [0.717, 1.165) is 9.14 Å². The Bertz CT molecular complexity index is 500. The molecule has 0 unspecified atom stereocenters. The minimum absolute atomic E-state index is 0.0821. The maximum absolute atomic E-state index is 8.85. The van der Waals surface area contributed by atoms with Crippen molar-refractivity contribution in [3.8, 4) is 11.1 Å². The minimum Gasteiger partial charge on any atom is -0.392 e. The molecular formula is C15H13IO. The fourth-order valence-corrected chi connectivity index (χ4v) is 2.21. The highest BCUT2D eigenvalue weighted by Crippen LogP contribution is 2.25. The molecule has 86 valence electrons. The van der Waals surface area contributed by atoms with Crippen molar-refractivity contribution < 1.29 is 5.11 Å². The van der Waals surface area contributed by atoms with Crippen LogP contribution in [0.2, 0.25) is 0 Å². The molecule has 0 bridgehead atoms. The van der Waals surface area contributed by atoms with Crippen molar-refractivity contribution in [2.24, 2.45) is 0 Å². The standard InChI is InChI=1S/C15H13IO/c16-15(10-11-17)14-8-6-13(7-9-14)12-4-2-1-3-5-12/h1-10,17H,11H2. The molecule has 2 aromatic rings. The van der Waals surface area contributed by atoms with Crippen LogP contribution < -0.4 is 0 Å². The van der Waals surface area contributed by atoms with Gasteiger partial charge < -0.3 is 5.11 Å². The molecule has 2 rings (SSSR count). The van der Waals surface area contributed by atoms with Crippen LogP contribution in [0.3, 0.4) is 0 Å². The van der Waals surface area contributed by atoms with E-state index < -0.39 is 0 Å². The molecule has 0 atom stereocenters. The van der Waals surface area contributed by atoms with Crippen molar-refractivity contribution >= 4 is 26.2 Å². The summed E-state index contributed by atoms with van der Waals surface area (Å²) < 4.78 is 1.07. The number of rotatable bonds is 3. The van der Waals surface area contributed by atoms with Gasteiger partial charge in [-0.1, -0.05) is 54.6 Å². The molecule has 0 saturated carbocycles. The van der Waals surface area contributed by atoms with E-state index in [-0.39, 0.29) is 6.61 Å². The van der Waals surface area contributed by atoms with E-state index in [0.29, 0.717) is 0 Å². The predicted molar refractivity (Wildman–Crippen MR) is 81.0 cm³/mol. The van der Waals surface area contributed by atoms with Crippen molar-refractivity contribution in [1.82, 2.24) is 0 Å². The van der Waals surface area contributed by atoms with E-state index in [9.17, 15) is 0 Å². The highest BCUT2D eigenvalue weighted by molar-refractivity contribution is 14.1. The fourth-order valence-electron chi connectivity index (χ4n) is 1.65. The Labute approximate surface area is 115 Å². The molecule has 17 heavy (non-hydrogen) atoms. The van der Waals surface area contributed by atoms with Gasteiger partial charge in [0, 0.05) is 3.58 Å². The number of benzene rings is 2. The van der Waals surface area contributed by atoms with Crippen molar-refractivity contribution in [2.45, 2.75) is 0 Å². The molecule has 0 aliphatic rings. The SMILES string of the molecule is OCC=C(I)c1ccc(-c2ccccc2)cc1. The van der Waals surface area contributed by atoms with E-state index in [1.165, 1.54) is 11.1 Å². The third-order valence-electron chi connectivity index (χ3n) is 2.54. The zero-order valence-electron chi connectivity index (χ0n) is 9.31. The average molecular weight is 336 g/mol. The Kier molecular flexibility index (Phi) is 4.34. The highest BCUT2D eigenvalue weighted by Gasteiger charge is 1.99. The first-order chi connectivity index (χ1) is 8.31. The molecule has 0 aliphatic heterocycles. The van der Waals surface area contributed by atoms with E-state index in [2.05, 4.69) is 59.0 Å². The first-order valence-corrected chi connectivity index (χ1v) is 6.51. The van der Waals surface area contributed by atoms with Gasteiger partial charge in [-0.3, -0.25) is 0 Å². The number of hydrogen-bond donors (Lipinski definition) is 1. The van der Waals surface area contributed by atoms with E-state index in [1.54, 1.807) is 6.08 Å². The zero-order chi connectivity index (χ0) is 12.1. The maximum Gasteiger partial charge on any atom is 0.0625 e. The molecule has 0 heterocycles. The molecule has 2 aromatic carbocycles. The van der Waals surface area contributed by atoms with Crippen LogP contribution in [0.15, 0.2) is 60.7 Å². The van der Waals surface area contributed by atoms with E-state index in [1.807, 2.05) is 18.2 Å². The first-order valence-electron chi connectivity index (χ1n) is 5.43. The van der Waals surface area contributed by atoms with Crippen LogP contribution in [-0.4, -0.2) is 11.7 Å². The summed E-state index contributed by atoms with van der Waals surface area (Å²) in [5.41, 5.74) is 3.57. The van der Waals surface area contributed by atoms with Gasteiger partial charge in [0.1, 0.15) is 0 Å². The maximum atomic E-state index is 8.85. The van der Waals surface area contributed by atoms with Crippen molar-refractivity contribution in [3.05, 3.63) is 66.2 Å². The van der Waals surface area contributed by atoms with Crippen molar-refractivity contribution in [1.29, 1.82) is 0 Å². The Morgan fingerprint density at radius 3 is 2.12 bits per heavy atom. The summed E-state index contributed by atoms with van der Waals surface area (Å²) in [5.74, 6) is 0. The summed E-state index contributed by atoms with van der Waals surface area (Å²) in [6.07, 6.45) is 1.80. The van der Waals surface area contributed by atoms with Crippen LogP contribution in [0.25, 0.3) is 14.7 Å². The average Bonchev–Trinajstić information content (AvgIpc) is 2.40. The Morgan fingerprint density at radius 1 is 0.941 bits per heavy atom. The zero-order valence-corrected chi connectivity index (χ0v) is 11.5. The van der Waals surface area contributed by atoms with Crippen LogP contribution >= 0.6 is 22.6 Å². The van der Waals surface area contributed by atoms with Gasteiger partial charge in [-0.25, -0.2) is 0 Å². The lowest BCUT2D eigenvalue weighted by atomic mass is 10.0. The van der Waals surface area contributed by atoms with Gasteiger partial charge in [0.05, 0.1) is 6.61 Å². The van der Waals surface area contributed by atoms with Gasteiger partial charge in [-0.05, 0) is 45.4 Å². The first kappa shape index (κ1) is 12.3. The lowest BCUT2D eigenvalue weighted by molar-refractivity contribution is 0.343. The number of aliphatic hydroxyl groups is 1. The molecule has 0 saturated heterocycles. The molecule has 0 amide bonds. The normalized spacial score (nSPS) is 11.5.